The molecule has 0 fully saturated rings. The Balaban J connectivity index is 2.82. The molecular formula is C16H24N2O2S. The SMILES string of the molecule is CCCCCCNS(=O)(=O)c1cc(C#CCN)ccc1C. The van der Waals surface area contributed by atoms with Crippen molar-refractivity contribution < 1.29 is 8.42 Å². The molecule has 3 N–H and O–H groups in total. The molecule has 0 unspecified atom stereocenters. The van der Waals surface area contributed by atoms with E-state index in [1.165, 1.54) is 0 Å². The Kier molecular flexibility index (Phi) is 7.44. The molecule has 0 radical (unpaired) electrons. The molecular weight excluding hydrogens is 284 g/mol. The van der Waals surface area contributed by atoms with Crippen LogP contribution >= 0.6 is 0 Å². The molecule has 0 saturated heterocycles. The lowest BCUT2D eigenvalue weighted by Crippen LogP contribution is -2.25. The van der Waals surface area contributed by atoms with E-state index in [4.69, 9.17) is 5.73 Å². The largest absolute Gasteiger partial charge is 0.320 e. The maximum atomic E-state index is 12.3. The maximum Gasteiger partial charge on any atom is 0.240 e. The Hall–Kier alpha value is -1.35. The topological polar surface area (TPSA) is 72.2 Å². The number of aryl methyl sites for hydroxylation is 1. The van der Waals surface area contributed by atoms with Gasteiger partial charge in [-0.25, -0.2) is 13.1 Å². The molecule has 0 spiro atoms. The van der Waals surface area contributed by atoms with E-state index in [0.717, 1.165) is 25.7 Å². The van der Waals surface area contributed by atoms with E-state index in [1.54, 1.807) is 25.1 Å². The van der Waals surface area contributed by atoms with Gasteiger partial charge in [0, 0.05) is 12.1 Å². The number of hydrogen-bond acceptors (Lipinski definition) is 3. The molecule has 1 aromatic rings. The van der Waals surface area contributed by atoms with E-state index >= 15 is 0 Å². The van der Waals surface area contributed by atoms with Crippen molar-refractivity contribution in [3.8, 4) is 11.8 Å². The maximum absolute atomic E-state index is 12.3. The molecule has 4 nitrogen and oxygen atoms in total. The van der Waals surface area contributed by atoms with Gasteiger partial charge in [0.15, 0.2) is 0 Å². The number of nitrogens with two attached hydrogens (primary N) is 1. The van der Waals surface area contributed by atoms with Crippen LogP contribution in [0.3, 0.4) is 0 Å². The predicted octanol–water partition coefficient (Wildman–Crippen LogP) is 2.16. The van der Waals surface area contributed by atoms with Gasteiger partial charge in [0.05, 0.1) is 11.4 Å². The Morgan fingerprint density at radius 2 is 2.00 bits per heavy atom. The number of sulfonamides is 1. The van der Waals surface area contributed by atoms with Crippen molar-refractivity contribution in [2.24, 2.45) is 5.73 Å². The van der Waals surface area contributed by atoms with Gasteiger partial charge in [0.2, 0.25) is 10.0 Å². The molecule has 1 aromatic carbocycles. The summed E-state index contributed by atoms with van der Waals surface area (Å²) in [6, 6.07) is 5.18. The minimum atomic E-state index is -3.47. The Bertz CT molecular complexity index is 613. The molecule has 0 amide bonds. The second-order valence-electron chi connectivity index (χ2n) is 4.94. The Morgan fingerprint density at radius 3 is 2.67 bits per heavy atom. The lowest BCUT2D eigenvalue weighted by atomic mass is 10.1. The summed E-state index contributed by atoms with van der Waals surface area (Å²) in [7, 11) is -3.47. The van der Waals surface area contributed by atoms with Crippen molar-refractivity contribution in [1.82, 2.24) is 4.72 Å². The van der Waals surface area contributed by atoms with E-state index < -0.39 is 10.0 Å². The molecule has 21 heavy (non-hydrogen) atoms. The molecule has 0 bridgehead atoms. The summed E-state index contributed by atoms with van der Waals surface area (Å²) < 4.78 is 27.3. The third-order valence-electron chi connectivity index (χ3n) is 3.13. The van der Waals surface area contributed by atoms with Crippen molar-refractivity contribution in [2.75, 3.05) is 13.1 Å². The summed E-state index contributed by atoms with van der Waals surface area (Å²) in [5, 5.41) is 0. The van der Waals surface area contributed by atoms with Gasteiger partial charge in [-0.3, -0.25) is 0 Å². The fourth-order valence-corrected chi connectivity index (χ4v) is 3.30. The number of rotatable bonds is 7. The van der Waals surface area contributed by atoms with Crippen LogP contribution in [0.15, 0.2) is 23.1 Å². The van der Waals surface area contributed by atoms with Gasteiger partial charge in [-0.05, 0) is 31.0 Å². The van der Waals surface area contributed by atoms with Crippen molar-refractivity contribution >= 4 is 10.0 Å². The van der Waals surface area contributed by atoms with Crippen LogP contribution in [-0.4, -0.2) is 21.5 Å². The number of benzene rings is 1. The minimum absolute atomic E-state index is 0.256. The van der Waals surface area contributed by atoms with Crippen LogP contribution in [-0.2, 0) is 10.0 Å². The van der Waals surface area contributed by atoms with E-state index in [-0.39, 0.29) is 6.54 Å². The molecule has 116 valence electrons. The van der Waals surface area contributed by atoms with Gasteiger partial charge in [0.1, 0.15) is 0 Å². The molecule has 0 aliphatic rings. The third kappa shape index (κ3) is 5.88. The second kappa shape index (κ2) is 8.83. The molecule has 0 saturated carbocycles. The van der Waals surface area contributed by atoms with E-state index in [9.17, 15) is 8.42 Å². The standard InChI is InChI=1S/C16H24N2O2S/c1-3-4-5-6-12-18-21(19,20)16-13-15(8-7-11-17)10-9-14(16)2/h9-10,13,18H,3-6,11-12,17H2,1-2H3. The predicted molar refractivity (Wildman–Crippen MR) is 86.4 cm³/mol. The number of hydrogen-bond donors (Lipinski definition) is 2. The number of unbranched alkanes of at least 4 members (excludes halogenated alkanes) is 3. The Morgan fingerprint density at radius 1 is 1.24 bits per heavy atom. The van der Waals surface area contributed by atoms with Gasteiger partial charge >= 0.3 is 0 Å². The van der Waals surface area contributed by atoms with E-state index in [2.05, 4.69) is 23.5 Å². The highest BCUT2D eigenvalue weighted by molar-refractivity contribution is 7.89. The van der Waals surface area contributed by atoms with Gasteiger partial charge in [0.25, 0.3) is 0 Å². The molecule has 0 aliphatic heterocycles. The van der Waals surface area contributed by atoms with Gasteiger partial charge in [-0.2, -0.15) is 0 Å². The average molecular weight is 308 g/mol. The summed E-state index contributed by atoms with van der Waals surface area (Å²) in [5.74, 6) is 5.59. The lowest BCUT2D eigenvalue weighted by molar-refractivity contribution is 0.573. The summed E-state index contributed by atoms with van der Waals surface area (Å²) in [6.07, 6.45) is 4.16. The minimum Gasteiger partial charge on any atom is -0.320 e. The number of nitrogens with one attached hydrogen (secondary N) is 1. The fourth-order valence-electron chi connectivity index (χ4n) is 1.96. The van der Waals surface area contributed by atoms with Crippen LogP contribution < -0.4 is 10.5 Å². The van der Waals surface area contributed by atoms with Crippen LogP contribution in [0.2, 0.25) is 0 Å². The third-order valence-corrected chi connectivity index (χ3v) is 4.74. The zero-order chi connectivity index (χ0) is 15.7. The van der Waals surface area contributed by atoms with Gasteiger partial charge < -0.3 is 5.73 Å². The van der Waals surface area contributed by atoms with Crippen molar-refractivity contribution in [3.63, 3.8) is 0 Å². The molecule has 0 aromatic heterocycles. The normalized spacial score (nSPS) is 11.0. The van der Waals surface area contributed by atoms with E-state index in [1.807, 2.05) is 0 Å². The molecule has 0 atom stereocenters. The van der Waals surface area contributed by atoms with E-state index in [0.29, 0.717) is 22.6 Å². The van der Waals surface area contributed by atoms with Crippen LogP contribution in [0.1, 0.15) is 43.7 Å². The Labute approximate surface area is 128 Å². The summed E-state index contributed by atoms with van der Waals surface area (Å²) in [4.78, 5) is 0.293. The summed E-state index contributed by atoms with van der Waals surface area (Å²) >= 11 is 0. The highest BCUT2D eigenvalue weighted by Crippen LogP contribution is 2.16. The highest BCUT2D eigenvalue weighted by Gasteiger charge is 2.16. The molecule has 0 aliphatic carbocycles. The molecule has 0 heterocycles. The molecule has 5 heteroatoms. The zero-order valence-electron chi connectivity index (χ0n) is 12.8. The average Bonchev–Trinajstić information content (AvgIpc) is 2.46. The first-order valence-corrected chi connectivity index (χ1v) is 8.79. The summed E-state index contributed by atoms with van der Waals surface area (Å²) in [6.45, 7) is 4.64. The second-order valence-corrected chi connectivity index (χ2v) is 6.68. The monoisotopic (exact) mass is 308 g/mol. The van der Waals surface area contributed by atoms with Crippen LogP contribution in [0.25, 0.3) is 0 Å². The first kappa shape index (κ1) is 17.7. The molecule has 1 rings (SSSR count). The van der Waals surface area contributed by atoms with Gasteiger partial charge in [-0.15, -0.1) is 0 Å². The van der Waals surface area contributed by atoms with Gasteiger partial charge in [-0.1, -0.05) is 44.1 Å². The first-order valence-electron chi connectivity index (χ1n) is 7.30. The highest BCUT2D eigenvalue weighted by atomic mass is 32.2. The summed E-state index contributed by atoms with van der Waals surface area (Å²) in [5.41, 5.74) is 6.71. The first-order chi connectivity index (χ1) is 10.0. The fraction of sp³-hybridized carbons (Fsp3) is 0.500. The van der Waals surface area contributed by atoms with Crippen molar-refractivity contribution in [2.45, 2.75) is 44.4 Å². The van der Waals surface area contributed by atoms with Crippen molar-refractivity contribution in [1.29, 1.82) is 0 Å². The smallest absolute Gasteiger partial charge is 0.240 e. The van der Waals surface area contributed by atoms with Crippen LogP contribution in [0.4, 0.5) is 0 Å². The lowest BCUT2D eigenvalue weighted by Gasteiger charge is -2.09. The van der Waals surface area contributed by atoms with Crippen LogP contribution in [0, 0.1) is 18.8 Å². The van der Waals surface area contributed by atoms with Crippen molar-refractivity contribution in [3.05, 3.63) is 29.3 Å². The van der Waals surface area contributed by atoms with Crippen LogP contribution in [0.5, 0.6) is 0 Å². The quantitative estimate of drug-likeness (QED) is 0.599. The zero-order valence-corrected chi connectivity index (χ0v) is 13.6.